The molecule has 27 heavy (non-hydrogen) atoms. The van der Waals surface area contributed by atoms with E-state index in [2.05, 4.69) is 15.8 Å². The molecule has 0 aliphatic carbocycles. The minimum absolute atomic E-state index is 0.153. The van der Waals surface area contributed by atoms with Gasteiger partial charge in [0.15, 0.2) is 16.6 Å². The zero-order valence-electron chi connectivity index (χ0n) is 14.7. The summed E-state index contributed by atoms with van der Waals surface area (Å²) in [5.74, 6) is 1.08. The Morgan fingerprint density at radius 2 is 1.89 bits per heavy atom. The van der Waals surface area contributed by atoms with Crippen LogP contribution < -0.4 is 20.2 Å². The number of ether oxygens (including phenoxy) is 2. The zero-order chi connectivity index (χ0) is 19.8. The summed E-state index contributed by atoms with van der Waals surface area (Å²) in [6.45, 7) is 2.83. The summed E-state index contributed by atoms with van der Waals surface area (Å²) in [5, 5.41) is 8.73. The first-order chi connectivity index (χ1) is 13.0. The number of hydrogen-bond donors (Lipinski definition) is 2. The second-order valence-electron chi connectivity index (χ2n) is 5.25. The fourth-order valence-corrected chi connectivity index (χ4v) is 2.95. The molecule has 0 saturated carbocycles. The Balaban J connectivity index is 2.09. The highest BCUT2D eigenvalue weighted by Gasteiger charge is 2.12. The molecule has 144 valence electrons. The molecule has 5 nitrogen and oxygen atoms in total. The quantitative estimate of drug-likeness (QED) is 0.270. The predicted octanol–water partition coefficient (Wildman–Crippen LogP) is 5.05. The molecular formula is C18H18Cl3N3O2S. The van der Waals surface area contributed by atoms with Crippen LogP contribution in [0.1, 0.15) is 18.1 Å². The van der Waals surface area contributed by atoms with Gasteiger partial charge in [-0.1, -0.05) is 34.8 Å². The van der Waals surface area contributed by atoms with Crippen LogP contribution in [-0.4, -0.2) is 25.0 Å². The molecule has 0 aromatic heterocycles. The molecule has 0 amide bonds. The van der Waals surface area contributed by atoms with E-state index in [0.717, 1.165) is 12.1 Å². The summed E-state index contributed by atoms with van der Waals surface area (Å²) in [4.78, 5) is 0. The van der Waals surface area contributed by atoms with Gasteiger partial charge < -0.3 is 14.8 Å². The normalized spacial score (nSPS) is 10.7. The van der Waals surface area contributed by atoms with Crippen molar-refractivity contribution in [2.24, 2.45) is 5.10 Å². The van der Waals surface area contributed by atoms with Crippen molar-refractivity contribution >= 4 is 58.3 Å². The van der Waals surface area contributed by atoms with Crippen LogP contribution in [0.4, 0.5) is 0 Å². The third-order valence-corrected chi connectivity index (χ3v) is 4.85. The van der Waals surface area contributed by atoms with Crippen LogP contribution in [0.25, 0.3) is 0 Å². The van der Waals surface area contributed by atoms with Crippen molar-refractivity contribution in [1.29, 1.82) is 0 Å². The van der Waals surface area contributed by atoms with Crippen LogP contribution in [0.15, 0.2) is 35.4 Å². The van der Waals surface area contributed by atoms with Crippen molar-refractivity contribution in [3.8, 4) is 11.5 Å². The van der Waals surface area contributed by atoms with Crippen LogP contribution >= 0.6 is 47.0 Å². The molecule has 0 atom stereocenters. The van der Waals surface area contributed by atoms with Gasteiger partial charge in [-0.05, 0) is 55.0 Å². The second-order valence-corrected chi connectivity index (χ2v) is 6.85. The van der Waals surface area contributed by atoms with Crippen LogP contribution in [-0.2, 0) is 6.61 Å². The van der Waals surface area contributed by atoms with Crippen molar-refractivity contribution < 1.29 is 9.47 Å². The topological polar surface area (TPSA) is 54.9 Å². The largest absolute Gasteiger partial charge is 0.493 e. The van der Waals surface area contributed by atoms with E-state index in [1.54, 1.807) is 37.6 Å². The SMILES string of the molecule is CCNC(=S)N/N=C/c1ccc(OCc2c(Cl)ccc(Cl)c2Cl)c(OC)c1. The van der Waals surface area contributed by atoms with Gasteiger partial charge in [0.25, 0.3) is 0 Å². The van der Waals surface area contributed by atoms with Gasteiger partial charge in [0, 0.05) is 17.1 Å². The summed E-state index contributed by atoms with van der Waals surface area (Å²) >= 11 is 23.4. The van der Waals surface area contributed by atoms with E-state index in [-0.39, 0.29) is 6.61 Å². The smallest absolute Gasteiger partial charge is 0.186 e. The minimum Gasteiger partial charge on any atom is -0.493 e. The van der Waals surface area contributed by atoms with E-state index >= 15 is 0 Å². The third kappa shape index (κ3) is 6.14. The molecule has 0 radical (unpaired) electrons. The molecule has 0 bridgehead atoms. The summed E-state index contributed by atoms with van der Waals surface area (Å²) in [5.41, 5.74) is 4.15. The Kier molecular flexibility index (Phi) is 8.44. The summed E-state index contributed by atoms with van der Waals surface area (Å²) < 4.78 is 11.2. The summed E-state index contributed by atoms with van der Waals surface area (Å²) in [6.07, 6.45) is 1.63. The molecule has 0 aliphatic rings. The van der Waals surface area contributed by atoms with Gasteiger partial charge in [-0.2, -0.15) is 5.10 Å². The van der Waals surface area contributed by atoms with Gasteiger partial charge >= 0.3 is 0 Å². The van der Waals surface area contributed by atoms with Crippen molar-refractivity contribution in [3.05, 3.63) is 56.5 Å². The highest BCUT2D eigenvalue weighted by molar-refractivity contribution is 7.80. The van der Waals surface area contributed by atoms with Crippen LogP contribution in [0.3, 0.4) is 0 Å². The molecule has 0 heterocycles. The number of rotatable bonds is 7. The van der Waals surface area contributed by atoms with Crippen molar-refractivity contribution in [1.82, 2.24) is 10.7 Å². The number of methoxy groups -OCH3 is 1. The lowest BCUT2D eigenvalue weighted by atomic mass is 10.2. The molecule has 2 rings (SSSR count). The van der Waals surface area contributed by atoms with Gasteiger partial charge in [0.2, 0.25) is 0 Å². The number of nitrogens with zero attached hydrogens (tertiary/aromatic N) is 1. The molecular weight excluding hydrogens is 429 g/mol. The minimum atomic E-state index is 0.153. The van der Waals surface area contributed by atoms with Crippen LogP contribution in [0.5, 0.6) is 11.5 Å². The van der Waals surface area contributed by atoms with Crippen molar-refractivity contribution in [2.75, 3.05) is 13.7 Å². The van der Waals surface area contributed by atoms with Gasteiger partial charge in [0.1, 0.15) is 6.61 Å². The average Bonchev–Trinajstić information content (AvgIpc) is 2.65. The molecule has 0 saturated heterocycles. The van der Waals surface area contributed by atoms with Gasteiger partial charge in [-0.3, -0.25) is 5.43 Å². The Morgan fingerprint density at radius 1 is 1.15 bits per heavy atom. The number of thiocarbonyl (C=S) groups is 1. The lowest BCUT2D eigenvalue weighted by Crippen LogP contribution is -2.31. The molecule has 0 spiro atoms. The number of halogens is 3. The molecule has 0 fully saturated rings. The number of hydrazone groups is 1. The molecule has 2 aromatic carbocycles. The number of benzene rings is 2. The van der Waals surface area contributed by atoms with Crippen molar-refractivity contribution in [2.45, 2.75) is 13.5 Å². The first-order valence-electron chi connectivity index (χ1n) is 7.96. The molecule has 0 aliphatic heterocycles. The molecule has 9 heteroatoms. The lowest BCUT2D eigenvalue weighted by molar-refractivity contribution is 0.284. The predicted molar refractivity (Wildman–Crippen MR) is 116 cm³/mol. The molecule has 2 N–H and O–H groups in total. The number of nitrogens with one attached hydrogen (secondary N) is 2. The lowest BCUT2D eigenvalue weighted by Gasteiger charge is -2.13. The van der Waals surface area contributed by atoms with Gasteiger partial charge in [-0.25, -0.2) is 0 Å². The van der Waals surface area contributed by atoms with Gasteiger partial charge in [0.05, 0.1) is 23.4 Å². The highest BCUT2D eigenvalue weighted by atomic mass is 35.5. The van der Waals surface area contributed by atoms with Gasteiger partial charge in [-0.15, -0.1) is 0 Å². The van der Waals surface area contributed by atoms with Crippen molar-refractivity contribution in [3.63, 3.8) is 0 Å². The standard InChI is InChI=1S/C18H18Cl3N3O2S/c1-3-22-18(27)24-23-9-11-4-7-15(16(8-11)25-2)26-10-12-13(19)5-6-14(20)17(12)21/h4-9H,3,10H2,1-2H3,(H2,22,24,27)/b23-9+. The van der Waals surface area contributed by atoms with E-state index in [9.17, 15) is 0 Å². The van der Waals surface area contributed by atoms with E-state index < -0.39 is 0 Å². The fourth-order valence-electron chi connectivity index (χ4n) is 2.10. The van der Waals surface area contributed by atoms with E-state index in [4.69, 9.17) is 56.5 Å². The Bertz CT molecular complexity index is 847. The maximum absolute atomic E-state index is 6.20. The zero-order valence-corrected chi connectivity index (χ0v) is 17.8. The average molecular weight is 447 g/mol. The monoisotopic (exact) mass is 445 g/mol. The molecule has 2 aromatic rings. The summed E-state index contributed by atoms with van der Waals surface area (Å²) in [7, 11) is 1.56. The second kappa shape index (κ2) is 10.6. The fraction of sp³-hybridized carbons (Fsp3) is 0.222. The third-order valence-electron chi connectivity index (χ3n) is 3.42. The maximum atomic E-state index is 6.20. The van der Waals surface area contributed by atoms with E-state index in [1.165, 1.54) is 0 Å². The van der Waals surface area contributed by atoms with E-state index in [0.29, 0.717) is 37.2 Å². The maximum Gasteiger partial charge on any atom is 0.186 e. The Morgan fingerprint density at radius 3 is 2.59 bits per heavy atom. The first-order valence-corrected chi connectivity index (χ1v) is 9.50. The first kappa shape index (κ1) is 21.6. The van der Waals surface area contributed by atoms with E-state index in [1.807, 2.05) is 13.0 Å². The summed E-state index contributed by atoms with van der Waals surface area (Å²) in [6, 6.07) is 8.71. The Labute approximate surface area is 178 Å². The molecule has 0 unspecified atom stereocenters. The Hall–Kier alpha value is -1.73. The number of hydrogen-bond acceptors (Lipinski definition) is 4. The highest BCUT2D eigenvalue weighted by Crippen LogP contribution is 2.34. The van der Waals surface area contributed by atoms with Crippen LogP contribution in [0.2, 0.25) is 15.1 Å². The van der Waals surface area contributed by atoms with Crippen LogP contribution in [0, 0.1) is 0 Å².